The molecule has 0 aliphatic heterocycles. The summed E-state index contributed by atoms with van der Waals surface area (Å²) in [7, 11) is 0. The summed E-state index contributed by atoms with van der Waals surface area (Å²) in [6, 6.07) is 5.37. The van der Waals surface area contributed by atoms with E-state index in [-0.39, 0.29) is 11.7 Å². The molecule has 0 fully saturated rings. The van der Waals surface area contributed by atoms with Crippen molar-refractivity contribution in [2.45, 2.75) is 27.7 Å². The van der Waals surface area contributed by atoms with Crippen molar-refractivity contribution in [1.29, 1.82) is 0 Å². The van der Waals surface area contributed by atoms with Crippen molar-refractivity contribution >= 4 is 34.2 Å². The van der Waals surface area contributed by atoms with E-state index < -0.39 is 17.1 Å². The van der Waals surface area contributed by atoms with Gasteiger partial charge in [-0.1, -0.05) is 26.8 Å². The van der Waals surface area contributed by atoms with Gasteiger partial charge in [-0.15, -0.1) is 0 Å². The molecule has 3 aromatic rings. The van der Waals surface area contributed by atoms with Crippen molar-refractivity contribution in [3.8, 4) is 5.75 Å². The number of hydrogen-bond acceptors (Lipinski definition) is 5. The van der Waals surface area contributed by atoms with E-state index in [1.165, 1.54) is 4.40 Å². The highest BCUT2D eigenvalue weighted by Crippen LogP contribution is 2.26. The minimum Gasteiger partial charge on any atom is -0.449 e. The third kappa shape index (κ3) is 3.46. The van der Waals surface area contributed by atoms with Crippen molar-refractivity contribution < 1.29 is 19.4 Å². The van der Waals surface area contributed by atoms with Gasteiger partial charge in [0.1, 0.15) is 5.65 Å². The number of rotatable bonds is 2. The van der Waals surface area contributed by atoms with Crippen LogP contribution in [0.5, 0.6) is 5.75 Å². The Balaban J connectivity index is 2.21. The van der Waals surface area contributed by atoms with Crippen LogP contribution in [0.2, 0.25) is 0 Å². The van der Waals surface area contributed by atoms with Gasteiger partial charge in [0, 0.05) is 22.7 Å². The topological polar surface area (TPSA) is 110 Å². The minimum absolute atomic E-state index is 0.138. The molecule has 0 aliphatic carbocycles. The maximum absolute atomic E-state index is 12.5. The molecule has 2 heterocycles. The third-order valence-electron chi connectivity index (χ3n) is 4.11. The van der Waals surface area contributed by atoms with Gasteiger partial charge >= 0.3 is 11.7 Å². The van der Waals surface area contributed by atoms with E-state index in [4.69, 9.17) is 5.11 Å². The largest absolute Gasteiger partial charge is 0.511 e. The number of carboxylic acid groups (broad SMARTS) is 1. The Morgan fingerprint density at radius 2 is 1.93 bits per heavy atom. The van der Waals surface area contributed by atoms with Crippen LogP contribution < -0.4 is 15.6 Å². The number of aryl methyl sites for hydroxylation is 1. The summed E-state index contributed by atoms with van der Waals surface area (Å²) < 4.78 is 5.72. The summed E-state index contributed by atoms with van der Waals surface area (Å²) >= 11 is 0. The molecule has 0 atom stereocenters. The second kappa shape index (κ2) is 6.39. The Labute approximate surface area is 154 Å². The number of carbonyl (C=O) groups excluding carboxylic acids is 1. The van der Waals surface area contributed by atoms with Crippen molar-refractivity contribution in [2.75, 3.05) is 5.32 Å². The average Bonchev–Trinajstić information content (AvgIpc) is 2.57. The summed E-state index contributed by atoms with van der Waals surface area (Å²) in [5.41, 5.74) is 0.529. The van der Waals surface area contributed by atoms with Crippen LogP contribution in [0.4, 0.5) is 10.5 Å². The van der Waals surface area contributed by atoms with Crippen LogP contribution in [0.25, 0.3) is 16.4 Å². The maximum Gasteiger partial charge on any atom is 0.511 e. The van der Waals surface area contributed by atoms with Crippen molar-refractivity contribution in [3.63, 3.8) is 0 Å². The number of nitrogens with zero attached hydrogens (tertiary/aromatic N) is 2. The first-order valence-corrected chi connectivity index (χ1v) is 8.25. The van der Waals surface area contributed by atoms with Gasteiger partial charge in [-0.3, -0.25) is 14.0 Å². The van der Waals surface area contributed by atoms with Crippen LogP contribution in [0.3, 0.4) is 0 Å². The predicted molar refractivity (Wildman–Crippen MR) is 100 cm³/mol. The normalized spacial score (nSPS) is 11.6. The molecule has 0 unspecified atom stereocenters. The molecule has 0 spiro atoms. The second-order valence-electron chi connectivity index (χ2n) is 7.27. The lowest BCUT2D eigenvalue weighted by Gasteiger charge is -2.18. The number of amides is 1. The Morgan fingerprint density at radius 3 is 2.56 bits per heavy atom. The number of benzene rings is 1. The number of fused-ring (bicyclic) bond motifs is 3. The predicted octanol–water partition coefficient (Wildman–Crippen LogP) is 3.20. The molecule has 8 heteroatoms. The fourth-order valence-corrected chi connectivity index (χ4v) is 2.67. The zero-order chi connectivity index (χ0) is 19.9. The first kappa shape index (κ1) is 18.4. The molecule has 0 saturated heterocycles. The molecular weight excluding hydrogens is 350 g/mol. The van der Waals surface area contributed by atoms with E-state index in [0.29, 0.717) is 16.7 Å². The van der Waals surface area contributed by atoms with Gasteiger partial charge in [-0.25, -0.2) is 9.78 Å². The first-order valence-electron chi connectivity index (χ1n) is 8.25. The van der Waals surface area contributed by atoms with Gasteiger partial charge in [0.2, 0.25) is 11.7 Å². The van der Waals surface area contributed by atoms with Gasteiger partial charge in [-0.2, -0.15) is 0 Å². The molecule has 2 aromatic heterocycles. The van der Waals surface area contributed by atoms with E-state index in [1.807, 2.05) is 33.8 Å². The lowest BCUT2D eigenvalue weighted by atomic mass is 9.95. The van der Waals surface area contributed by atoms with Crippen LogP contribution >= 0.6 is 0 Å². The number of nitrogens with one attached hydrogen (secondary N) is 1. The molecule has 0 bridgehead atoms. The fourth-order valence-electron chi connectivity index (χ4n) is 2.67. The molecule has 8 nitrogen and oxygen atoms in total. The summed E-state index contributed by atoms with van der Waals surface area (Å²) in [5.74, 6) is -0.517. The van der Waals surface area contributed by atoms with E-state index in [9.17, 15) is 14.4 Å². The SMILES string of the molecule is Cc1cn2c(=O)c(OC(=O)O)cnc2c2cc(NC(=O)C(C)(C)C)ccc12. The number of pyridine rings is 1. The lowest BCUT2D eigenvalue weighted by Crippen LogP contribution is -2.27. The van der Waals surface area contributed by atoms with Gasteiger partial charge in [0.25, 0.3) is 0 Å². The van der Waals surface area contributed by atoms with Gasteiger partial charge in [-0.05, 0) is 30.0 Å². The quantitative estimate of drug-likeness (QED) is 0.530. The van der Waals surface area contributed by atoms with Crippen LogP contribution in [0, 0.1) is 12.3 Å². The van der Waals surface area contributed by atoms with Gasteiger partial charge in [0.05, 0.1) is 6.20 Å². The summed E-state index contributed by atoms with van der Waals surface area (Å²) in [6.07, 6.45) is 1.08. The molecule has 0 radical (unpaired) electrons. The smallest absolute Gasteiger partial charge is 0.449 e. The third-order valence-corrected chi connectivity index (χ3v) is 4.11. The van der Waals surface area contributed by atoms with Crippen LogP contribution in [0.15, 0.2) is 35.4 Å². The molecular formula is C19H19N3O5. The molecule has 27 heavy (non-hydrogen) atoms. The van der Waals surface area contributed by atoms with Crippen molar-refractivity contribution in [3.05, 3.63) is 46.5 Å². The Kier molecular flexibility index (Phi) is 4.35. The highest BCUT2D eigenvalue weighted by atomic mass is 16.7. The van der Waals surface area contributed by atoms with E-state index >= 15 is 0 Å². The minimum atomic E-state index is -1.58. The molecule has 1 amide bonds. The van der Waals surface area contributed by atoms with Crippen LogP contribution in [0.1, 0.15) is 26.3 Å². The number of ether oxygens (including phenoxy) is 1. The Hall–Kier alpha value is -3.42. The molecule has 2 N–H and O–H groups in total. The van der Waals surface area contributed by atoms with E-state index in [1.54, 1.807) is 18.3 Å². The second-order valence-corrected chi connectivity index (χ2v) is 7.27. The highest BCUT2D eigenvalue weighted by molar-refractivity contribution is 6.01. The zero-order valence-electron chi connectivity index (χ0n) is 15.4. The van der Waals surface area contributed by atoms with Gasteiger partial charge < -0.3 is 15.2 Å². The molecule has 3 rings (SSSR count). The standard InChI is InChI=1S/C19H19N3O5/c1-10-9-22-15(20-8-14(16(22)23)27-18(25)26)13-7-11(5-6-12(10)13)21-17(24)19(2,3)4/h5-9H,1-4H3,(H,21,24)(H,25,26). The van der Waals surface area contributed by atoms with Crippen molar-refractivity contribution in [1.82, 2.24) is 9.38 Å². The summed E-state index contributed by atoms with van der Waals surface area (Å²) in [6.45, 7) is 7.27. The monoisotopic (exact) mass is 369 g/mol. The van der Waals surface area contributed by atoms with Crippen LogP contribution in [-0.4, -0.2) is 26.6 Å². The first-order chi connectivity index (χ1) is 12.6. The summed E-state index contributed by atoms with van der Waals surface area (Å²) in [4.78, 5) is 39.7. The summed E-state index contributed by atoms with van der Waals surface area (Å²) in [5, 5.41) is 13.1. The molecule has 140 valence electrons. The molecule has 1 aromatic carbocycles. The van der Waals surface area contributed by atoms with E-state index in [2.05, 4.69) is 15.0 Å². The number of aromatic nitrogens is 2. The Bertz CT molecular complexity index is 1140. The molecule has 0 saturated carbocycles. The molecule has 0 aliphatic rings. The highest BCUT2D eigenvalue weighted by Gasteiger charge is 2.21. The average molecular weight is 369 g/mol. The van der Waals surface area contributed by atoms with Gasteiger partial charge in [0.15, 0.2) is 0 Å². The number of carbonyl (C=O) groups is 2. The fraction of sp³-hybridized carbons (Fsp3) is 0.263. The van der Waals surface area contributed by atoms with Crippen LogP contribution in [-0.2, 0) is 4.79 Å². The lowest BCUT2D eigenvalue weighted by molar-refractivity contribution is -0.123. The van der Waals surface area contributed by atoms with Crippen molar-refractivity contribution in [2.24, 2.45) is 5.41 Å². The Morgan fingerprint density at radius 1 is 1.22 bits per heavy atom. The number of hydrogen-bond donors (Lipinski definition) is 2. The number of anilines is 1. The van der Waals surface area contributed by atoms with E-state index in [0.717, 1.165) is 17.1 Å². The zero-order valence-corrected chi connectivity index (χ0v) is 15.4. The maximum atomic E-state index is 12.5.